The lowest BCUT2D eigenvalue weighted by Gasteiger charge is -2.24. The zero-order valence-corrected chi connectivity index (χ0v) is 25.2. The largest absolute Gasteiger partial charge is 0.507 e. The molecule has 0 radical (unpaired) electrons. The van der Waals surface area contributed by atoms with Crippen molar-refractivity contribution < 1.29 is 33.6 Å². The van der Waals surface area contributed by atoms with Crippen LogP contribution in [0.25, 0.3) is 16.0 Å². The van der Waals surface area contributed by atoms with Gasteiger partial charge in [-0.3, -0.25) is 14.5 Å². The average Bonchev–Trinajstić information content (AvgIpc) is 3.67. The number of thiazole rings is 1. The van der Waals surface area contributed by atoms with Gasteiger partial charge in [-0.05, 0) is 79.9 Å². The van der Waals surface area contributed by atoms with Crippen LogP contribution in [0.1, 0.15) is 49.9 Å². The SMILES string of the molecule is CCCOc1ccc([C@H]2/C(=C(\O)c3ccc4c(c3)C[C@@H](C)O4)C(=O)C(=O)N2c2nc3ccc(OC)cc3s2)cc1OCC. The second kappa shape index (κ2) is 11.6. The molecule has 2 aliphatic rings. The summed E-state index contributed by atoms with van der Waals surface area (Å²) in [6.07, 6.45) is 1.52. The fraction of sp³-hybridized carbons (Fsp3) is 0.303. The summed E-state index contributed by atoms with van der Waals surface area (Å²) in [5.74, 6) is 0.602. The van der Waals surface area contributed by atoms with E-state index in [1.165, 1.54) is 16.2 Å². The summed E-state index contributed by atoms with van der Waals surface area (Å²) in [7, 11) is 1.58. The summed E-state index contributed by atoms with van der Waals surface area (Å²) >= 11 is 1.27. The van der Waals surface area contributed by atoms with Gasteiger partial charge < -0.3 is 24.1 Å². The number of carbonyl (C=O) groups is 2. The first kappa shape index (κ1) is 28.5. The molecule has 1 saturated heterocycles. The van der Waals surface area contributed by atoms with E-state index >= 15 is 0 Å². The van der Waals surface area contributed by atoms with Gasteiger partial charge in [0, 0.05) is 12.0 Å². The molecule has 0 saturated carbocycles. The van der Waals surface area contributed by atoms with Gasteiger partial charge in [-0.15, -0.1) is 0 Å². The van der Waals surface area contributed by atoms with Crippen LogP contribution in [0, 0.1) is 0 Å². The molecule has 2 atom stereocenters. The van der Waals surface area contributed by atoms with E-state index in [0.29, 0.717) is 58.7 Å². The molecule has 0 bridgehead atoms. The first-order chi connectivity index (χ1) is 20.8. The Morgan fingerprint density at radius 1 is 1.07 bits per heavy atom. The molecule has 0 unspecified atom stereocenters. The van der Waals surface area contributed by atoms with Crippen LogP contribution in [0.2, 0.25) is 0 Å². The number of rotatable bonds is 9. The van der Waals surface area contributed by atoms with E-state index in [-0.39, 0.29) is 17.4 Å². The number of hydrogen-bond acceptors (Lipinski definition) is 9. The maximum atomic E-state index is 13.8. The number of aliphatic hydroxyl groups excluding tert-OH is 1. The molecular formula is C33H32N2O7S. The van der Waals surface area contributed by atoms with Crippen molar-refractivity contribution in [2.45, 2.75) is 45.8 Å². The summed E-state index contributed by atoms with van der Waals surface area (Å²) in [5, 5.41) is 12.0. The summed E-state index contributed by atoms with van der Waals surface area (Å²) < 4.78 is 23.8. The molecule has 4 aromatic rings. The molecule has 3 heterocycles. The maximum absolute atomic E-state index is 13.8. The number of benzene rings is 3. The number of aromatic nitrogens is 1. The maximum Gasteiger partial charge on any atom is 0.301 e. The highest BCUT2D eigenvalue weighted by Crippen LogP contribution is 2.46. The van der Waals surface area contributed by atoms with Crippen molar-refractivity contribution in [2.75, 3.05) is 25.2 Å². The minimum Gasteiger partial charge on any atom is -0.507 e. The molecular weight excluding hydrogens is 568 g/mol. The molecule has 10 heteroatoms. The molecule has 9 nitrogen and oxygen atoms in total. The normalized spacial score (nSPS) is 19.0. The van der Waals surface area contributed by atoms with Crippen molar-refractivity contribution in [1.29, 1.82) is 0 Å². The quantitative estimate of drug-likeness (QED) is 0.133. The van der Waals surface area contributed by atoms with E-state index in [9.17, 15) is 14.7 Å². The van der Waals surface area contributed by atoms with Crippen LogP contribution < -0.4 is 23.8 Å². The highest BCUT2D eigenvalue weighted by Gasteiger charge is 2.48. The van der Waals surface area contributed by atoms with Crippen LogP contribution in [-0.4, -0.2) is 48.2 Å². The molecule has 0 aliphatic carbocycles. The van der Waals surface area contributed by atoms with Crippen molar-refractivity contribution in [3.05, 3.63) is 76.9 Å². The van der Waals surface area contributed by atoms with Crippen molar-refractivity contribution in [3.8, 4) is 23.0 Å². The van der Waals surface area contributed by atoms with Gasteiger partial charge in [-0.25, -0.2) is 4.98 Å². The summed E-state index contributed by atoms with van der Waals surface area (Å²) in [6, 6.07) is 15.1. The van der Waals surface area contributed by atoms with Crippen molar-refractivity contribution in [3.63, 3.8) is 0 Å². The van der Waals surface area contributed by atoms with Gasteiger partial charge >= 0.3 is 5.91 Å². The zero-order chi connectivity index (χ0) is 30.2. The number of methoxy groups -OCH3 is 1. The predicted molar refractivity (Wildman–Crippen MR) is 165 cm³/mol. The molecule has 1 N–H and O–H groups in total. The third kappa shape index (κ3) is 5.16. The van der Waals surface area contributed by atoms with E-state index in [1.54, 1.807) is 49.6 Å². The lowest BCUT2D eigenvalue weighted by atomic mass is 9.94. The number of nitrogens with zero attached hydrogens (tertiary/aromatic N) is 2. The number of Topliss-reactive ketones (excluding diaryl/α,β-unsaturated/α-hetero) is 1. The van der Waals surface area contributed by atoms with Crippen molar-refractivity contribution >= 4 is 44.1 Å². The van der Waals surface area contributed by atoms with Crippen LogP contribution in [0.3, 0.4) is 0 Å². The Bertz CT molecular complexity index is 1760. The predicted octanol–water partition coefficient (Wildman–Crippen LogP) is 6.44. The van der Waals surface area contributed by atoms with Crippen LogP contribution >= 0.6 is 11.3 Å². The highest BCUT2D eigenvalue weighted by atomic mass is 32.1. The Labute approximate surface area is 253 Å². The minimum atomic E-state index is -0.967. The van der Waals surface area contributed by atoms with Crippen LogP contribution in [-0.2, 0) is 16.0 Å². The Morgan fingerprint density at radius 3 is 2.67 bits per heavy atom. The lowest BCUT2D eigenvalue weighted by molar-refractivity contribution is -0.132. The van der Waals surface area contributed by atoms with E-state index in [0.717, 1.165) is 22.4 Å². The number of aliphatic hydroxyl groups is 1. The minimum absolute atomic E-state index is 0.0149. The summed E-state index contributed by atoms with van der Waals surface area (Å²) in [6.45, 7) is 6.76. The van der Waals surface area contributed by atoms with E-state index < -0.39 is 17.7 Å². The Kier molecular flexibility index (Phi) is 7.70. The molecule has 1 amide bonds. The molecule has 2 aliphatic heterocycles. The van der Waals surface area contributed by atoms with Crippen molar-refractivity contribution in [1.82, 2.24) is 4.98 Å². The number of hydrogen-bond donors (Lipinski definition) is 1. The number of ketones is 1. The van der Waals surface area contributed by atoms with Crippen LogP contribution in [0.4, 0.5) is 5.13 Å². The molecule has 1 aromatic heterocycles. The fourth-order valence-corrected chi connectivity index (χ4v) is 6.51. The standard InChI is InChI=1S/C33H32N2O7S/c1-5-13-41-25-12-7-19(16-26(25)40-6-2)29-28(30(36)20-8-11-24-21(15-20)14-18(3)42-24)31(37)32(38)35(29)33-34-23-10-9-22(39-4)17-27(23)43-33/h7-12,15-18,29,36H,5-6,13-14H2,1-4H3/b30-28+/t18-,29+/m1/s1. The average molecular weight is 601 g/mol. The smallest absolute Gasteiger partial charge is 0.301 e. The van der Waals surface area contributed by atoms with Gasteiger partial charge in [0.15, 0.2) is 16.6 Å². The molecule has 6 rings (SSSR count). The summed E-state index contributed by atoms with van der Waals surface area (Å²) in [4.78, 5) is 33.6. The first-order valence-corrected chi connectivity index (χ1v) is 15.1. The summed E-state index contributed by atoms with van der Waals surface area (Å²) in [5.41, 5.74) is 2.56. The van der Waals surface area contributed by atoms with E-state index in [1.807, 2.05) is 32.9 Å². The van der Waals surface area contributed by atoms with Gasteiger partial charge in [0.05, 0.1) is 42.2 Å². The fourth-order valence-electron chi connectivity index (χ4n) is 5.49. The van der Waals surface area contributed by atoms with Gasteiger partial charge in [-0.1, -0.05) is 24.3 Å². The Hall–Kier alpha value is -4.57. The molecule has 1 fully saturated rings. The topological polar surface area (TPSA) is 107 Å². The Morgan fingerprint density at radius 2 is 1.91 bits per heavy atom. The van der Waals surface area contributed by atoms with E-state index in [2.05, 4.69) is 0 Å². The lowest BCUT2D eigenvalue weighted by Crippen LogP contribution is -2.29. The number of ether oxygens (including phenoxy) is 4. The number of fused-ring (bicyclic) bond motifs is 2. The van der Waals surface area contributed by atoms with Gasteiger partial charge in [0.25, 0.3) is 5.78 Å². The molecule has 0 spiro atoms. The van der Waals surface area contributed by atoms with Crippen molar-refractivity contribution in [2.24, 2.45) is 0 Å². The van der Waals surface area contributed by atoms with E-state index in [4.69, 9.17) is 23.9 Å². The number of anilines is 1. The monoisotopic (exact) mass is 600 g/mol. The van der Waals surface area contributed by atoms with Gasteiger partial charge in [0.1, 0.15) is 23.4 Å². The third-order valence-corrected chi connectivity index (χ3v) is 8.47. The number of amides is 1. The zero-order valence-electron chi connectivity index (χ0n) is 24.4. The first-order valence-electron chi connectivity index (χ1n) is 14.3. The van der Waals surface area contributed by atoms with Gasteiger partial charge in [0.2, 0.25) is 0 Å². The molecule has 3 aromatic carbocycles. The Balaban J connectivity index is 1.53. The number of carbonyl (C=O) groups excluding carboxylic acids is 2. The van der Waals surface area contributed by atoms with Gasteiger partial charge in [-0.2, -0.15) is 0 Å². The van der Waals surface area contributed by atoms with Crippen LogP contribution in [0.5, 0.6) is 23.0 Å². The second-order valence-electron chi connectivity index (χ2n) is 10.4. The molecule has 222 valence electrons. The third-order valence-electron chi connectivity index (χ3n) is 7.45. The second-order valence-corrected chi connectivity index (χ2v) is 11.5. The highest BCUT2D eigenvalue weighted by molar-refractivity contribution is 7.22. The molecule has 43 heavy (non-hydrogen) atoms. The van der Waals surface area contributed by atoms with Crippen LogP contribution in [0.15, 0.2) is 60.2 Å².